The number of carbonyl (C=O) groups is 1. The van der Waals surface area contributed by atoms with Gasteiger partial charge in [0.05, 0.1) is 0 Å². The zero-order valence-corrected chi connectivity index (χ0v) is 12.6. The molecule has 0 heterocycles. The summed E-state index contributed by atoms with van der Waals surface area (Å²) in [7, 11) is 0. The highest BCUT2D eigenvalue weighted by molar-refractivity contribution is 5.75. The molecule has 0 aliphatic rings. The average Bonchev–Trinajstić information content (AvgIpc) is 2.50. The molecule has 2 rings (SSSR count). The molecule has 2 aromatic rings. The second-order valence-electron chi connectivity index (χ2n) is 5.42. The van der Waals surface area contributed by atoms with Gasteiger partial charge in [0.25, 0.3) is 0 Å². The van der Waals surface area contributed by atoms with Crippen LogP contribution < -0.4 is 5.32 Å². The fourth-order valence-corrected chi connectivity index (χ4v) is 2.29. The third-order valence-electron chi connectivity index (χ3n) is 3.57. The van der Waals surface area contributed by atoms with E-state index in [9.17, 15) is 4.79 Å². The quantitative estimate of drug-likeness (QED) is 0.824. The minimum atomic E-state index is 0.151. The van der Waals surface area contributed by atoms with E-state index in [1.165, 1.54) is 16.7 Å². The molecule has 0 fully saturated rings. The molecule has 0 aliphatic heterocycles. The van der Waals surface area contributed by atoms with Crippen LogP contribution >= 0.6 is 0 Å². The van der Waals surface area contributed by atoms with Crippen molar-refractivity contribution in [1.29, 1.82) is 0 Å². The van der Waals surface area contributed by atoms with Crippen molar-refractivity contribution in [2.75, 3.05) is 6.54 Å². The van der Waals surface area contributed by atoms with Crippen molar-refractivity contribution in [3.05, 3.63) is 71.3 Å². The Balaban J connectivity index is 1.60. The van der Waals surface area contributed by atoms with Gasteiger partial charge in [-0.1, -0.05) is 60.2 Å². The van der Waals surface area contributed by atoms with Gasteiger partial charge in [-0.2, -0.15) is 0 Å². The minimum Gasteiger partial charge on any atom is -0.356 e. The third-order valence-corrected chi connectivity index (χ3v) is 3.57. The number of hydrogen-bond acceptors (Lipinski definition) is 1. The van der Waals surface area contributed by atoms with Gasteiger partial charge in [-0.3, -0.25) is 4.79 Å². The standard InChI is InChI=1S/C19H23NO/c1-16-10-12-18(13-11-16)14-15-20-19(21)9-5-8-17-6-3-2-4-7-17/h2-4,6-7,10-13H,5,8-9,14-15H2,1H3,(H,20,21). The Labute approximate surface area is 127 Å². The molecular weight excluding hydrogens is 258 g/mol. The minimum absolute atomic E-state index is 0.151. The fourth-order valence-electron chi connectivity index (χ4n) is 2.29. The molecule has 1 N–H and O–H groups in total. The van der Waals surface area contributed by atoms with Gasteiger partial charge in [-0.15, -0.1) is 0 Å². The van der Waals surface area contributed by atoms with Crippen LogP contribution in [0.1, 0.15) is 29.5 Å². The monoisotopic (exact) mass is 281 g/mol. The second kappa shape index (κ2) is 8.25. The van der Waals surface area contributed by atoms with Gasteiger partial charge in [0, 0.05) is 13.0 Å². The first kappa shape index (κ1) is 15.3. The number of aryl methyl sites for hydroxylation is 2. The molecule has 110 valence electrons. The zero-order chi connectivity index (χ0) is 14.9. The fraction of sp³-hybridized carbons (Fsp3) is 0.316. The Morgan fingerprint density at radius 1 is 0.905 bits per heavy atom. The van der Waals surface area contributed by atoms with E-state index < -0.39 is 0 Å². The largest absolute Gasteiger partial charge is 0.356 e. The van der Waals surface area contributed by atoms with E-state index in [-0.39, 0.29) is 5.91 Å². The van der Waals surface area contributed by atoms with Crippen molar-refractivity contribution in [2.24, 2.45) is 0 Å². The van der Waals surface area contributed by atoms with Gasteiger partial charge >= 0.3 is 0 Å². The van der Waals surface area contributed by atoms with Crippen LogP contribution in [-0.2, 0) is 17.6 Å². The lowest BCUT2D eigenvalue weighted by molar-refractivity contribution is -0.121. The van der Waals surface area contributed by atoms with Crippen LogP contribution in [0.3, 0.4) is 0 Å². The summed E-state index contributed by atoms with van der Waals surface area (Å²) in [5.41, 5.74) is 3.83. The van der Waals surface area contributed by atoms with Gasteiger partial charge in [0.15, 0.2) is 0 Å². The maximum Gasteiger partial charge on any atom is 0.220 e. The van der Waals surface area contributed by atoms with Crippen molar-refractivity contribution < 1.29 is 4.79 Å². The molecule has 0 spiro atoms. The van der Waals surface area contributed by atoms with Crippen LogP contribution in [-0.4, -0.2) is 12.5 Å². The summed E-state index contributed by atoms with van der Waals surface area (Å²) in [6.07, 6.45) is 3.36. The summed E-state index contributed by atoms with van der Waals surface area (Å²) in [5, 5.41) is 2.99. The lowest BCUT2D eigenvalue weighted by Crippen LogP contribution is -2.25. The van der Waals surface area contributed by atoms with Gasteiger partial charge in [0.2, 0.25) is 5.91 Å². The number of carbonyl (C=O) groups excluding carboxylic acids is 1. The Morgan fingerprint density at radius 2 is 1.57 bits per heavy atom. The highest BCUT2D eigenvalue weighted by Gasteiger charge is 2.01. The van der Waals surface area contributed by atoms with Crippen LogP contribution in [0.5, 0.6) is 0 Å². The first-order valence-electron chi connectivity index (χ1n) is 7.60. The van der Waals surface area contributed by atoms with Gasteiger partial charge in [-0.05, 0) is 37.3 Å². The number of nitrogens with one attached hydrogen (secondary N) is 1. The first-order chi connectivity index (χ1) is 10.2. The van der Waals surface area contributed by atoms with Gasteiger partial charge in [-0.25, -0.2) is 0 Å². The molecule has 2 aromatic carbocycles. The average molecular weight is 281 g/mol. The topological polar surface area (TPSA) is 29.1 Å². The van der Waals surface area contributed by atoms with E-state index in [4.69, 9.17) is 0 Å². The molecule has 0 aromatic heterocycles. The van der Waals surface area contributed by atoms with E-state index in [2.05, 4.69) is 48.6 Å². The van der Waals surface area contributed by atoms with E-state index in [0.29, 0.717) is 13.0 Å². The van der Waals surface area contributed by atoms with Crippen molar-refractivity contribution in [1.82, 2.24) is 5.32 Å². The van der Waals surface area contributed by atoms with Crippen molar-refractivity contribution in [3.63, 3.8) is 0 Å². The predicted molar refractivity (Wildman–Crippen MR) is 87.3 cm³/mol. The summed E-state index contributed by atoms with van der Waals surface area (Å²) in [6, 6.07) is 18.8. The molecule has 0 saturated heterocycles. The van der Waals surface area contributed by atoms with Gasteiger partial charge in [0.1, 0.15) is 0 Å². The maximum atomic E-state index is 11.8. The Bertz CT molecular complexity index is 546. The smallest absolute Gasteiger partial charge is 0.220 e. The van der Waals surface area contributed by atoms with E-state index >= 15 is 0 Å². The molecule has 0 radical (unpaired) electrons. The lowest BCUT2D eigenvalue weighted by atomic mass is 10.1. The molecule has 0 aliphatic carbocycles. The van der Waals surface area contributed by atoms with E-state index in [0.717, 1.165) is 19.3 Å². The predicted octanol–water partition coefficient (Wildman–Crippen LogP) is 3.68. The number of rotatable bonds is 7. The van der Waals surface area contributed by atoms with Crippen LogP contribution in [0.4, 0.5) is 0 Å². The van der Waals surface area contributed by atoms with E-state index in [1.807, 2.05) is 18.2 Å². The molecule has 2 nitrogen and oxygen atoms in total. The van der Waals surface area contributed by atoms with Crippen LogP contribution in [0.15, 0.2) is 54.6 Å². The van der Waals surface area contributed by atoms with Crippen molar-refractivity contribution in [2.45, 2.75) is 32.6 Å². The van der Waals surface area contributed by atoms with Crippen molar-refractivity contribution >= 4 is 5.91 Å². The molecule has 0 atom stereocenters. The zero-order valence-electron chi connectivity index (χ0n) is 12.6. The Morgan fingerprint density at radius 3 is 2.29 bits per heavy atom. The molecule has 0 saturated carbocycles. The normalized spacial score (nSPS) is 10.3. The number of hydrogen-bond donors (Lipinski definition) is 1. The lowest BCUT2D eigenvalue weighted by Gasteiger charge is -2.06. The van der Waals surface area contributed by atoms with Crippen molar-refractivity contribution in [3.8, 4) is 0 Å². The highest BCUT2D eigenvalue weighted by atomic mass is 16.1. The third kappa shape index (κ3) is 5.82. The molecule has 0 bridgehead atoms. The number of benzene rings is 2. The summed E-state index contributed by atoms with van der Waals surface area (Å²) in [6.45, 7) is 2.80. The molecule has 0 unspecified atom stereocenters. The first-order valence-corrected chi connectivity index (χ1v) is 7.60. The van der Waals surface area contributed by atoms with Crippen LogP contribution in [0, 0.1) is 6.92 Å². The number of amides is 1. The molecule has 2 heteroatoms. The summed E-state index contributed by atoms with van der Waals surface area (Å²) >= 11 is 0. The highest BCUT2D eigenvalue weighted by Crippen LogP contribution is 2.05. The van der Waals surface area contributed by atoms with Gasteiger partial charge < -0.3 is 5.32 Å². The van der Waals surface area contributed by atoms with E-state index in [1.54, 1.807) is 0 Å². The molecule has 1 amide bonds. The SMILES string of the molecule is Cc1ccc(CCNC(=O)CCCc2ccccc2)cc1. The Hall–Kier alpha value is -2.09. The Kier molecular flexibility index (Phi) is 6.01. The maximum absolute atomic E-state index is 11.8. The summed E-state index contributed by atoms with van der Waals surface area (Å²) < 4.78 is 0. The summed E-state index contributed by atoms with van der Waals surface area (Å²) in [5.74, 6) is 0.151. The molecular formula is C19H23NO. The van der Waals surface area contributed by atoms with Crippen LogP contribution in [0.2, 0.25) is 0 Å². The molecule has 21 heavy (non-hydrogen) atoms. The second-order valence-corrected chi connectivity index (χ2v) is 5.42. The summed E-state index contributed by atoms with van der Waals surface area (Å²) in [4.78, 5) is 11.8. The van der Waals surface area contributed by atoms with Crippen LogP contribution in [0.25, 0.3) is 0 Å².